The zero-order chi connectivity index (χ0) is 26.1. The van der Waals surface area contributed by atoms with Crippen LogP contribution in [0.5, 0.6) is 0 Å². The summed E-state index contributed by atoms with van der Waals surface area (Å²) in [5.74, 6) is 2.55. The molecule has 2 aromatic carbocycles. The zero-order valence-corrected chi connectivity index (χ0v) is 23.3. The highest BCUT2D eigenvalue weighted by Gasteiger charge is 2.74. The van der Waals surface area contributed by atoms with E-state index < -0.39 is 5.60 Å². The molecule has 8 rings (SSSR count). The van der Waals surface area contributed by atoms with Crippen molar-refractivity contribution in [2.24, 2.45) is 34.5 Å². The van der Waals surface area contributed by atoms with E-state index in [0.29, 0.717) is 42.0 Å². The molecule has 38 heavy (non-hydrogen) atoms. The van der Waals surface area contributed by atoms with Crippen LogP contribution in [0.4, 0.5) is 0 Å². The zero-order valence-electron chi connectivity index (χ0n) is 23.3. The van der Waals surface area contributed by atoms with Gasteiger partial charge in [-0.3, -0.25) is 4.79 Å². The van der Waals surface area contributed by atoms with E-state index in [1.165, 1.54) is 60.8 Å². The molecule has 4 saturated carbocycles. The fraction of sp³-hybridized carbons (Fsp3) is 0.528. The number of Topliss-reactive ketones (excluding diaryl/α,β-unsaturated/α-hetero) is 1. The van der Waals surface area contributed by atoms with E-state index in [2.05, 4.69) is 93.6 Å². The van der Waals surface area contributed by atoms with E-state index >= 15 is 0 Å². The van der Waals surface area contributed by atoms with Crippen LogP contribution in [-0.4, -0.2) is 17.5 Å². The molecule has 4 aliphatic carbocycles. The van der Waals surface area contributed by atoms with Gasteiger partial charge in [0.2, 0.25) is 0 Å². The van der Waals surface area contributed by atoms with Gasteiger partial charge in [0.25, 0.3) is 0 Å². The van der Waals surface area contributed by atoms with Crippen molar-refractivity contribution >= 4 is 11.4 Å². The summed E-state index contributed by atoms with van der Waals surface area (Å²) in [5, 5.41) is 0. The number of carbonyl (C=O) groups is 1. The maximum atomic E-state index is 14.4. The van der Waals surface area contributed by atoms with Gasteiger partial charge in [0.1, 0.15) is 5.60 Å². The Kier molecular flexibility index (Phi) is 5.68. The van der Waals surface area contributed by atoms with Gasteiger partial charge in [-0.1, -0.05) is 92.2 Å². The molecule has 6 aliphatic rings. The van der Waals surface area contributed by atoms with Crippen LogP contribution in [0.1, 0.15) is 83.3 Å². The first kappa shape index (κ1) is 24.6. The second-order valence-electron chi connectivity index (χ2n) is 13.6. The standard InChI is InChI=1S/C36H42O2/c1-24(14-16-29(25-10-6-4-7-11-25)26-12-8-5-9-13-26)30-18-19-31-32-17-15-27-22-28-20-21-35(27,3)36(32,38-28)33(37)23-34(30,31)2/h4-14,16,27-28,30-32H,15,17-23H2,1-3H3/b24-14-/t27-,28-,30+,31-,32-,34+,35-,36-/m0/s1. The van der Waals surface area contributed by atoms with Gasteiger partial charge < -0.3 is 4.74 Å². The summed E-state index contributed by atoms with van der Waals surface area (Å²) in [7, 11) is 0. The van der Waals surface area contributed by atoms with E-state index in [1.54, 1.807) is 0 Å². The number of allylic oxidation sites excluding steroid dienone is 3. The molecule has 0 amide bonds. The van der Waals surface area contributed by atoms with E-state index in [0.717, 1.165) is 6.42 Å². The third kappa shape index (κ3) is 3.32. The second kappa shape index (κ2) is 8.78. The smallest absolute Gasteiger partial charge is 0.166 e. The van der Waals surface area contributed by atoms with Crippen LogP contribution in [0, 0.1) is 34.5 Å². The Morgan fingerprint density at radius 1 is 0.842 bits per heavy atom. The van der Waals surface area contributed by atoms with Crippen molar-refractivity contribution in [3.63, 3.8) is 0 Å². The van der Waals surface area contributed by atoms with Crippen molar-refractivity contribution in [2.75, 3.05) is 0 Å². The predicted octanol–water partition coefficient (Wildman–Crippen LogP) is 8.42. The lowest BCUT2D eigenvalue weighted by Gasteiger charge is -2.70. The molecule has 0 N–H and O–H groups in total. The average molecular weight is 507 g/mol. The number of hydrogen-bond donors (Lipinski definition) is 0. The van der Waals surface area contributed by atoms with Gasteiger partial charge in [-0.15, -0.1) is 0 Å². The first-order valence-corrected chi connectivity index (χ1v) is 15.1. The summed E-state index contributed by atoms with van der Waals surface area (Å²) < 4.78 is 6.92. The first-order chi connectivity index (χ1) is 18.4. The molecule has 0 radical (unpaired) electrons. The van der Waals surface area contributed by atoms with Gasteiger partial charge in [0, 0.05) is 11.8 Å². The lowest BCUT2D eigenvalue weighted by molar-refractivity contribution is -0.307. The minimum absolute atomic E-state index is 0.0321. The monoisotopic (exact) mass is 506 g/mol. The van der Waals surface area contributed by atoms with Gasteiger partial charge >= 0.3 is 0 Å². The Morgan fingerprint density at radius 2 is 1.50 bits per heavy atom. The number of ether oxygens (including phenoxy) is 1. The normalized spacial score (nSPS) is 41.4. The molecule has 2 saturated heterocycles. The molecule has 4 bridgehead atoms. The largest absolute Gasteiger partial charge is 0.363 e. The predicted molar refractivity (Wildman–Crippen MR) is 153 cm³/mol. The Balaban J connectivity index is 1.23. The fourth-order valence-electron chi connectivity index (χ4n) is 10.3. The third-order valence-corrected chi connectivity index (χ3v) is 12.1. The number of rotatable bonds is 4. The first-order valence-electron chi connectivity index (χ1n) is 15.1. The highest BCUT2D eigenvalue weighted by atomic mass is 16.5. The van der Waals surface area contributed by atoms with E-state index in [9.17, 15) is 4.79 Å². The van der Waals surface area contributed by atoms with Gasteiger partial charge in [-0.25, -0.2) is 0 Å². The Bertz CT molecular complexity index is 1250. The fourth-order valence-corrected chi connectivity index (χ4v) is 10.3. The molecule has 2 nitrogen and oxygen atoms in total. The second-order valence-corrected chi connectivity index (χ2v) is 13.6. The number of carbonyl (C=O) groups excluding carboxylic acids is 1. The van der Waals surface area contributed by atoms with Crippen molar-refractivity contribution in [1.82, 2.24) is 0 Å². The number of hydrogen-bond acceptors (Lipinski definition) is 2. The maximum Gasteiger partial charge on any atom is 0.166 e. The molecule has 2 aliphatic heterocycles. The van der Waals surface area contributed by atoms with Crippen LogP contribution in [0.25, 0.3) is 5.57 Å². The molecule has 8 atom stereocenters. The maximum absolute atomic E-state index is 14.4. The van der Waals surface area contributed by atoms with Gasteiger partial charge in [-0.2, -0.15) is 0 Å². The lowest BCUT2D eigenvalue weighted by atomic mass is 9.40. The quantitative estimate of drug-likeness (QED) is 0.389. The summed E-state index contributed by atoms with van der Waals surface area (Å²) in [6.07, 6.45) is 14.1. The molecular weight excluding hydrogens is 464 g/mol. The van der Waals surface area contributed by atoms with Gasteiger partial charge in [0.05, 0.1) is 6.10 Å². The van der Waals surface area contributed by atoms with E-state index in [4.69, 9.17) is 4.74 Å². The van der Waals surface area contributed by atoms with Crippen molar-refractivity contribution in [3.05, 3.63) is 89.5 Å². The molecule has 2 heterocycles. The summed E-state index contributed by atoms with van der Waals surface area (Å²) in [5.41, 5.74) is 4.74. The number of fused-ring (bicyclic) bond motifs is 3. The van der Waals surface area contributed by atoms with Crippen LogP contribution in [0.3, 0.4) is 0 Å². The highest BCUT2D eigenvalue weighted by Crippen LogP contribution is 2.72. The Labute approximate surface area is 228 Å². The van der Waals surface area contributed by atoms with Crippen molar-refractivity contribution in [3.8, 4) is 0 Å². The molecule has 198 valence electrons. The third-order valence-electron chi connectivity index (χ3n) is 12.1. The molecule has 1 spiro atoms. The molecule has 2 heteroatoms. The molecule has 6 fully saturated rings. The van der Waals surface area contributed by atoms with Crippen molar-refractivity contribution in [1.29, 1.82) is 0 Å². The van der Waals surface area contributed by atoms with Crippen molar-refractivity contribution < 1.29 is 9.53 Å². The Morgan fingerprint density at radius 3 is 2.18 bits per heavy atom. The summed E-state index contributed by atoms with van der Waals surface area (Å²) >= 11 is 0. The number of ketones is 1. The topological polar surface area (TPSA) is 26.3 Å². The van der Waals surface area contributed by atoms with E-state index in [-0.39, 0.29) is 10.8 Å². The Hall–Kier alpha value is -2.45. The van der Waals surface area contributed by atoms with E-state index in [1.807, 2.05) is 0 Å². The number of benzene rings is 2. The summed E-state index contributed by atoms with van der Waals surface area (Å²) in [6.45, 7) is 7.19. The van der Waals surface area contributed by atoms with Crippen LogP contribution in [0.15, 0.2) is 78.4 Å². The molecule has 2 aromatic rings. The van der Waals surface area contributed by atoms with Gasteiger partial charge in [-0.05, 0) is 97.7 Å². The minimum atomic E-state index is -0.499. The van der Waals surface area contributed by atoms with Crippen LogP contribution < -0.4 is 0 Å². The van der Waals surface area contributed by atoms with Crippen LogP contribution in [-0.2, 0) is 9.53 Å². The van der Waals surface area contributed by atoms with Crippen LogP contribution in [0.2, 0.25) is 0 Å². The summed E-state index contributed by atoms with van der Waals surface area (Å²) in [4.78, 5) is 14.4. The summed E-state index contributed by atoms with van der Waals surface area (Å²) in [6, 6.07) is 21.4. The van der Waals surface area contributed by atoms with Crippen LogP contribution >= 0.6 is 0 Å². The molecule has 0 aromatic heterocycles. The van der Waals surface area contributed by atoms with Crippen molar-refractivity contribution in [2.45, 2.75) is 83.8 Å². The average Bonchev–Trinajstić information content (AvgIpc) is 3.26. The van der Waals surface area contributed by atoms with Gasteiger partial charge in [0.15, 0.2) is 5.78 Å². The molecule has 0 unspecified atom stereocenters. The molecular formula is C36H42O2. The minimum Gasteiger partial charge on any atom is -0.363 e. The lowest BCUT2D eigenvalue weighted by Crippen LogP contribution is -2.75. The SMILES string of the molecule is C/C(=C/C=C(c1ccccc1)c1ccccc1)[C@H]1CC[C@H]2[C@@H]3CC[C@H]4C[C@@H]5CC[C@]4(C)[C@@]3(O5)C(=O)C[C@]12C. The highest BCUT2D eigenvalue weighted by molar-refractivity contribution is 5.91.